The molecule has 32 heavy (non-hydrogen) atoms. The topological polar surface area (TPSA) is 129 Å². The normalized spacial score (nSPS) is 34.7. The monoisotopic (exact) mass is 449 g/mol. The number of hydrogen-bond donors (Lipinski definition) is 4. The lowest BCUT2D eigenvalue weighted by atomic mass is 9.86. The average Bonchev–Trinajstić information content (AvgIpc) is 2.74. The predicted octanol–water partition coefficient (Wildman–Crippen LogP) is 0.998. The Labute approximate surface area is 186 Å². The lowest BCUT2D eigenvalue weighted by Crippen LogP contribution is -2.61. The summed E-state index contributed by atoms with van der Waals surface area (Å²) in [6, 6.07) is 5.84. The Morgan fingerprint density at radius 1 is 1.09 bits per heavy atom. The van der Waals surface area contributed by atoms with Crippen molar-refractivity contribution >= 4 is 12.0 Å². The number of rotatable bonds is 6. The summed E-state index contributed by atoms with van der Waals surface area (Å²) in [4.78, 5) is 13.8. The molecule has 3 aliphatic rings. The highest BCUT2D eigenvalue weighted by Gasteiger charge is 2.48. The van der Waals surface area contributed by atoms with Crippen LogP contribution >= 0.6 is 0 Å². The van der Waals surface area contributed by atoms with Gasteiger partial charge in [-0.1, -0.05) is 24.1 Å². The molecule has 2 aliphatic heterocycles. The summed E-state index contributed by atoms with van der Waals surface area (Å²) < 4.78 is 16.3. The zero-order valence-corrected chi connectivity index (χ0v) is 18.1. The maximum Gasteiger partial charge on any atom is 0.335 e. The number of likely N-dealkylation sites (tertiary alicyclic amines) is 1. The predicted molar refractivity (Wildman–Crippen MR) is 114 cm³/mol. The van der Waals surface area contributed by atoms with Gasteiger partial charge in [0.15, 0.2) is 17.6 Å². The number of ether oxygens (including phenoxy) is 3. The van der Waals surface area contributed by atoms with E-state index in [-0.39, 0.29) is 5.75 Å². The summed E-state index contributed by atoms with van der Waals surface area (Å²) in [5.74, 6) is -0.844. The molecule has 9 heteroatoms. The van der Waals surface area contributed by atoms with E-state index in [1.54, 1.807) is 6.07 Å². The summed E-state index contributed by atoms with van der Waals surface area (Å²) in [6.45, 7) is 2.30. The molecule has 6 atom stereocenters. The fourth-order valence-corrected chi connectivity index (χ4v) is 4.62. The van der Waals surface area contributed by atoms with Crippen molar-refractivity contribution in [1.29, 1.82) is 0 Å². The smallest absolute Gasteiger partial charge is 0.335 e. The van der Waals surface area contributed by atoms with Crippen LogP contribution in [0.15, 0.2) is 23.8 Å². The quantitative estimate of drug-likeness (QED) is 0.503. The Morgan fingerprint density at radius 3 is 2.53 bits per heavy atom. The number of aliphatic carboxylic acids is 1. The first kappa shape index (κ1) is 23.0. The second kappa shape index (κ2) is 9.76. The first-order valence-corrected chi connectivity index (χ1v) is 11.1. The van der Waals surface area contributed by atoms with Gasteiger partial charge < -0.3 is 34.6 Å². The summed E-state index contributed by atoms with van der Waals surface area (Å²) >= 11 is 0. The number of aliphatic hydroxyl groups is 3. The van der Waals surface area contributed by atoms with Gasteiger partial charge in [-0.3, -0.25) is 4.90 Å². The molecule has 0 aromatic heterocycles. The molecular formula is C23H31NO8. The van der Waals surface area contributed by atoms with Crippen molar-refractivity contribution < 1.29 is 39.4 Å². The van der Waals surface area contributed by atoms with E-state index in [0.717, 1.165) is 25.1 Å². The summed E-state index contributed by atoms with van der Waals surface area (Å²) in [7, 11) is 1.49. The van der Waals surface area contributed by atoms with Gasteiger partial charge in [-0.05, 0) is 56.5 Å². The van der Waals surface area contributed by atoms with Crippen molar-refractivity contribution in [1.82, 2.24) is 4.90 Å². The first-order valence-electron chi connectivity index (χ1n) is 11.1. The molecule has 0 bridgehead atoms. The van der Waals surface area contributed by atoms with Gasteiger partial charge in [0, 0.05) is 6.04 Å². The molecule has 0 unspecified atom stereocenters. The Morgan fingerprint density at radius 2 is 1.88 bits per heavy atom. The zero-order chi connectivity index (χ0) is 22.8. The van der Waals surface area contributed by atoms with Crippen molar-refractivity contribution in [3.8, 4) is 11.5 Å². The van der Waals surface area contributed by atoms with E-state index >= 15 is 0 Å². The van der Waals surface area contributed by atoms with E-state index in [0.29, 0.717) is 11.8 Å². The molecule has 9 nitrogen and oxygen atoms in total. The highest BCUT2D eigenvalue weighted by Crippen LogP contribution is 2.35. The van der Waals surface area contributed by atoms with Crippen LogP contribution in [0.25, 0.3) is 6.08 Å². The second-order valence-electron chi connectivity index (χ2n) is 8.63. The van der Waals surface area contributed by atoms with Gasteiger partial charge in [-0.15, -0.1) is 0 Å². The highest BCUT2D eigenvalue weighted by atomic mass is 16.7. The summed E-state index contributed by atoms with van der Waals surface area (Å²) in [5, 5.41) is 39.2. The Kier molecular flexibility index (Phi) is 7.02. The van der Waals surface area contributed by atoms with Crippen molar-refractivity contribution in [3.05, 3.63) is 29.3 Å². The maximum absolute atomic E-state index is 11.3. The van der Waals surface area contributed by atoms with E-state index < -0.39 is 36.7 Å². The Bertz CT molecular complexity index is 854. The summed E-state index contributed by atoms with van der Waals surface area (Å²) in [6.07, 6.45) is -0.204. The molecule has 2 saturated heterocycles. The molecule has 1 aliphatic carbocycles. The maximum atomic E-state index is 11.3. The molecule has 3 fully saturated rings. The number of nitrogens with zero attached hydrogens (tertiary/aromatic N) is 1. The zero-order valence-electron chi connectivity index (χ0n) is 18.1. The number of aliphatic hydroxyl groups excluding tert-OH is 3. The third-order valence-electron chi connectivity index (χ3n) is 6.55. The molecule has 1 aromatic rings. The number of carbonyl (C=O) groups is 1. The number of carboxylic acids is 1. The third-order valence-corrected chi connectivity index (χ3v) is 6.55. The number of methoxy groups -OCH3 is 1. The van der Waals surface area contributed by atoms with E-state index in [9.17, 15) is 25.2 Å². The molecule has 4 N–H and O–H groups in total. The van der Waals surface area contributed by atoms with E-state index in [4.69, 9.17) is 14.2 Å². The highest BCUT2D eigenvalue weighted by molar-refractivity contribution is 5.73. The molecule has 1 aromatic carbocycles. The van der Waals surface area contributed by atoms with Gasteiger partial charge in [0.1, 0.15) is 18.3 Å². The lowest BCUT2D eigenvalue weighted by Gasteiger charge is -2.42. The average molecular weight is 450 g/mol. The molecule has 4 rings (SSSR count). The van der Waals surface area contributed by atoms with E-state index in [1.807, 2.05) is 12.1 Å². The van der Waals surface area contributed by atoms with Crippen LogP contribution in [0.2, 0.25) is 0 Å². The van der Waals surface area contributed by atoms with Crippen LogP contribution in [0, 0.1) is 0 Å². The second-order valence-corrected chi connectivity index (χ2v) is 8.63. The van der Waals surface area contributed by atoms with Crippen molar-refractivity contribution in [3.63, 3.8) is 0 Å². The van der Waals surface area contributed by atoms with Gasteiger partial charge >= 0.3 is 5.97 Å². The lowest BCUT2D eigenvalue weighted by molar-refractivity contribution is -0.271. The largest absolute Gasteiger partial charge is 0.493 e. The molecule has 0 radical (unpaired) electrons. The Balaban J connectivity index is 1.53. The van der Waals surface area contributed by atoms with Gasteiger partial charge in [0.05, 0.1) is 7.11 Å². The minimum absolute atomic E-state index is 0.231. The van der Waals surface area contributed by atoms with Crippen molar-refractivity contribution in [2.45, 2.75) is 68.9 Å². The van der Waals surface area contributed by atoms with Crippen LogP contribution in [0.3, 0.4) is 0 Å². The standard InChI is InChI=1S/C23H31NO8/c1-30-17-12-13(11-14-5-2-3-6-15(14)24-9-4-10-24)7-8-16(17)31-23-20(27)18(25)19(26)21(32-23)22(28)29/h7-8,11-12,15,18-21,23,25-27H,2-6,9-10H2,1H3,(H,28,29)/b14-11+/t15-,18+,19+,20-,21+,23-/m1/s1. The minimum atomic E-state index is -1.77. The Hall–Kier alpha value is -2.17. The SMILES string of the molecule is COc1cc(/C=C2\CCCC[C@H]2N2CCC2)ccc1O[C@@H]1O[C@H](C(=O)O)[C@@H](O)[C@H](O)[C@H]1O. The van der Waals surface area contributed by atoms with E-state index in [2.05, 4.69) is 11.0 Å². The number of hydrogen-bond acceptors (Lipinski definition) is 8. The van der Waals surface area contributed by atoms with Gasteiger partial charge in [0.2, 0.25) is 6.29 Å². The minimum Gasteiger partial charge on any atom is -0.493 e. The van der Waals surface area contributed by atoms with Crippen LogP contribution in [0.5, 0.6) is 11.5 Å². The number of carboxylic acid groups (broad SMARTS) is 1. The first-order chi connectivity index (χ1) is 15.4. The fraction of sp³-hybridized carbons (Fsp3) is 0.609. The van der Waals surface area contributed by atoms with Crippen molar-refractivity contribution in [2.24, 2.45) is 0 Å². The molecule has 0 spiro atoms. The van der Waals surface area contributed by atoms with Crippen LogP contribution in [-0.4, -0.2) is 88.2 Å². The molecule has 2 heterocycles. The fourth-order valence-electron chi connectivity index (χ4n) is 4.62. The molecule has 0 amide bonds. The molecule has 1 saturated carbocycles. The third kappa shape index (κ3) is 4.62. The number of benzene rings is 1. The van der Waals surface area contributed by atoms with E-state index in [1.165, 1.54) is 38.4 Å². The van der Waals surface area contributed by atoms with Gasteiger partial charge in [-0.2, -0.15) is 0 Å². The van der Waals surface area contributed by atoms with Crippen LogP contribution in [0.4, 0.5) is 0 Å². The summed E-state index contributed by atoms with van der Waals surface area (Å²) in [5.41, 5.74) is 2.37. The van der Waals surface area contributed by atoms with Gasteiger partial charge in [0.25, 0.3) is 0 Å². The van der Waals surface area contributed by atoms with Crippen LogP contribution in [-0.2, 0) is 9.53 Å². The molecule has 176 valence electrons. The molecular weight excluding hydrogens is 418 g/mol. The van der Waals surface area contributed by atoms with Gasteiger partial charge in [-0.25, -0.2) is 4.79 Å². The van der Waals surface area contributed by atoms with Crippen LogP contribution < -0.4 is 9.47 Å². The van der Waals surface area contributed by atoms with Crippen LogP contribution in [0.1, 0.15) is 37.7 Å². The van der Waals surface area contributed by atoms with Crippen molar-refractivity contribution in [2.75, 3.05) is 20.2 Å².